The molecule has 8 heteroatoms. The summed E-state index contributed by atoms with van der Waals surface area (Å²) in [6, 6.07) is 23.6. The number of para-hydroxylation sites is 1. The molecule has 1 aliphatic heterocycles. The average molecular weight is 469 g/mol. The topological polar surface area (TPSA) is 108 Å². The molecule has 1 spiro atoms. The SMILES string of the molecule is O=C(CN1C(=O)NC2(CCc3ccccc32)C1=O)NC(C(=O)Nc1ccccc1)c1ccccc1. The first-order valence-corrected chi connectivity index (χ1v) is 11.4. The zero-order valence-electron chi connectivity index (χ0n) is 18.9. The van der Waals surface area contributed by atoms with Crippen LogP contribution in [0.3, 0.4) is 0 Å². The van der Waals surface area contributed by atoms with E-state index in [4.69, 9.17) is 0 Å². The minimum absolute atomic E-state index is 0.436. The highest BCUT2D eigenvalue weighted by Crippen LogP contribution is 2.41. The van der Waals surface area contributed by atoms with E-state index in [-0.39, 0.29) is 0 Å². The van der Waals surface area contributed by atoms with Crippen LogP contribution in [0.15, 0.2) is 84.9 Å². The molecule has 0 radical (unpaired) electrons. The van der Waals surface area contributed by atoms with Crippen LogP contribution in [0.1, 0.15) is 29.2 Å². The number of rotatable bonds is 6. The van der Waals surface area contributed by atoms with Gasteiger partial charge in [0.2, 0.25) is 5.91 Å². The molecule has 3 aromatic rings. The second-order valence-corrected chi connectivity index (χ2v) is 8.65. The van der Waals surface area contributed by atoms with Gasteiger partial charge >= 0.3 is 6.03 Å². The van der Waals surface area contributed by atoms with Crippen molar-refractivity contribution in [3.05, 3.63) is 102 Å². The van der Waals surface area contributed by atoms with E-state index in [1.54, 1.807) is 48.5 Å². The maximum Gasteiger partial charge on any atom is 0.325 e. The number of urea groups is 1. The van der Waals surface area contributed by atoms with E-state index in [0.29, 0.717) is 24.1 Å². The highest BCUT2D eigenvalue weighted by atomic mass is 16.2. The number of nitrogens with one attached hydrogen (secondary N) is 3. The fraction of sp³-hybridized carbons (Fsp3) is 0.185. The van der Waals surface area contributed by atoms with E-state index in [1.165, 1.54) is 0 Å². The number of fused-ring (bicyclic) bond motifs is 2. The molecule has 2 atom stereocenters. The number of imide groups is 1. The molecule has 0 bridgehead atoms. The maximum absolute atomic E-state index is 13.4. The summed E-state index contributed by atoms with van der Waals surface area (Å²) in [6.07, 6.45) is 1.11. The second-order valence-electron chi connectivity index (χ2n) is 8.65. The van der Waals surface area contributed by atoms with Gasteiger partial charge in [0.15, 0.2) is 0 Å². The van der Waals surface area contributed by atoms with E-state index in [1.807, 2.05) is 36.4 Å². The number of hydrogen-bond donors (Lipinski definition) is 3. The van der Waals surface area contributed by atoms with Gasteiger partial charge < -0.3 is 16.0 Å². The van der Waals surface area contributed by atoms with Gasteiger partial charge in [-0.15, -0.1) is 0 Å². The highest BCUT2D eigenvalue weighted by molar-refractivity contribution is 6.10. The number of carbonyl (C=O) groups excluding carboxylic acids is 4. The van der Waals surface area contributed by atoms with Crippen LogP contribution in [0.25, 0.3) is 0 Å². The number of benzene rings is 3. The fourth-order valence-electron chi connectivity index (χ4n) is 4.77. The van der Waals surface area contributed by atoms with Crippen LogP contribution in [0, 0.1) is 0 Å². The van der Waals surface area contributed by atoms with Crippen molar-refractivity contribution in [2.45, 2.75) is 24.4 Å². The van der Waals surface area contributed by atoms with Crippen LogP contribution in [0.5, 0.6) is 0 Å². The summed E-state index contributed by atoms with van der Waals surface area (Å²) in [5, 5.41) is 8.30. The summed E-state index contributed by atoms with van der Waals surface area (Å²) < 4.78 is 0. The van der Waals surface area contributed by atoms with Crippen molar-refractivity contribution >= 4 is 29.4 Å². The molecule has 2 aliphatic rings. The third-order valence-electron chi connectivity index (χ3n) is 6.47. The Morgan fingerprint density at radius 2 is 1.57 bits per heavy atom. The van der Waals surface area contributed by atoms with Gasteiger partial charge in [0.25, 0.3) is 11.8 Å². The van der Waals surface area contributed by atoms with Crippen LogP contribution in [0.2, 0.25) is 0 Å². The molecule has 176 valence electrons. The molecule has 5 amide bonds. The summed E-state index contributed by atoms with van der Waals surface area (Å²) in [5.74, 6) is -1.50. The Morgan fingerprint density at radius 1 is 0.914 bits per heavy atom. The van der Waals surface area contributed by atoms with Crippen LogP contribution in [-0.2, 0) is 26.3 Å². The maximum atomic E-state index is 13.4. The third kappa shape index (κ3) is 4.14. The molecule has 3 N–H and O–H groups in total. The van der Waals surface area contributed by atoms with Crippen molar-refractivity contribution in [2.75, 3.05) is 11.9 Å². The molecule has 3 aromatic carbocycles. The lowest BCUT2D eigenvalue weighted by Gasteiger charge is -2.23. The molecule has 0 saturated carbocycles. The number of aryl methyl sites for hydroxylation is 1. The predicted molar refractivity (Wildman–Crippen MR) is 129 cm³/mol. The molecule has 1 saturated heterocycles. The van der Waals surface area contributed by atoms with E-state index in [2.05, 4.69) is 16.0 Å². The molecule has 1 fully saturated rings. The monoisotopic (exact) mass is 468 g/mol. The van der Waals surface area contributed by atoms with Crippen molar-refractivity contribution < 1.29 is 19.2 Å². The van der Waals surface area contributed by atoms with Crippen molar-refractivity contribution in [1.82, 2.24) is 15.5 Å². The number of amides is 5. The smallest absolute Gasteiger partial charge is 0.325 e. The molecular formula is C27H24N4O4. The quantitative estimate of drug-likeness (QED) is 0.484. The molecular weight excluding hydrogens is 444 g/mol. The van der Waals surface area contributed by atoms with E-state index in [9.17, 15) is 19.2 Å². The van der Waals surface area contributed by atoms with E-state index < -0.39 is 41.9 Å². The lowest BCUT2D eigenvalue weighted by atomic mass is 9.92. The second kappa shape index (κ2) is 9.06. The van der Waals surface area contributed by atoms with Crippen LogP contribution < -0.4 is 16.0 Å². The van der Waals surface area contributed by atoms with Gasteiger partial charge in [0, 0.05) is 5.69 Å². The molecule has 2 unspecified atom stereocenters. The van der Waals surface area contributed by atoms with Crippen molar-refractivity contribution in [2.24, 2.45) is 0 Å². The first kappa shape index (κ1) is 22.3. The van der Waals surface area contributed by atoms with Gasteiger partial charge in [-0.2, -0.15) is 0 Å². The number of nitrogens with zero attached hydrogens (tertiary/aromatic N) is 1. The molecule has 1 heterocycles. The van der Waals surface area contributed by atoms with Crippen LogP contribution in [0.4, 0.5) is 10.5 Å². The van der Waals surface area contributed by atoms with E-state index in [0.717, 1.165) is 16.0 Å². The predicted octanol–water partition coefficient (Wildman–Crippen LogP) is 2.88. The van der Waals surface area contributed by atoms with Gasteiger partial charge in [-0.1, -0.05) is 72.8 Å². The summed E-state index contributed by atoms with van der Waals surface area (Å²) in [7, 11) is 0. The summed E-state index contributed by atoms with van der Waals surface area (Å²) in [4.78, 5) is 53.1. The number of carbonyl (C=O) groups is 4. The Bertz CT molecular complexity index is 1290. The number of hydrogen-bond acceptors (Lipinski definition) is 4. The first-order valence-electron chi connectivity index (χ1n) is 11.4. The Labute approximate surface area is 202 Å². The summed E-state index contributed by atoms with van der Waals surface area (Å²) >= 11 is 0. The Balaban J connectivity index is 1.33. The van der Waals surface area contributed by atoms with Gasteiger partial charge in [0.05, 0.1) is 0 Å². The minimum Gasteiger partial charge on any atom is -0.339 e. The first-order chi connectivity index (χ1) is 17.0. The van der Waals surface area contributed by atoms with E-state index >= 15 is 0 Å². The van der Waals surface area contributed by atoms with Crippen molar-refractivity contribution in [3.63, 3.8) is 0 Å². The largest absolute Gasteiger partial charge is 0.339 e. The molecule has 5 rings (SSSR count). The fourth-order valence-corrected chi connectivity index (χ4v) is 4.77. The lowest BCUT2D eigenvalue weighted by Crippen LogP contribution is -2.45. The van der Waals surface area contributed by atoms with Crippen LogP contribution in [-0.4, -0.2) is 35.2 Å². The van der Waals surface area contributed by atoms with Gasteiger partial charge in [0.1, 0.15) is 18.1 Å². The highest BCUT2D eigenvalue weighted by Gasteiger charge is 2.55. The zero-order chi connectivity index (χ0) is 24.4. The zero-order valence-corrected chi connectivity index (χ0v) is 18.9. The molecule has 8 nitrogen and oxygen atoms in total. The summed E-state index contributed by atoms with van der Waals surface area (Å²) in [5.41, 5.74) is 1.80. The minimum atomic E-state index is -1.14. The Hall–Kier alpha value is -4.46. The van der Waals surface area contributed by atoms with Gasteiger partial charge in [-0.05, 0) is 41.7 Å². The van der Waals surface area contributed by atoms with Crippen LogP contribution >= 0.6 is 0 Å². The van der Waals surface area contributed by atoms with Gasteiger partial charge in [-0.25, -0.2) is 4.79 Å². The van der Waals surface area contributed by atoms with Crippen molar-refractivity contribution in [3.8, 4) is 0 Å². The normalized spacial score (nSPS) is 19.3. The number of anilines is 1. The van der Waals surface area contributed by atoms with Gasteiger partial charge in [-0.3, -0.25) is 19.3 Å². The average Bonchev–Trinajstić information content (AvgIpc) is 3.36. The molecule has 35 heavy (non-hydrogen) atoms. The van der Waals surface area contributed by atoms with Crippen molar-refractivity contribution in [1.29, 1.82) is 0 Å². The summed E-state index contributed by atoms with van der Waals surface area (Å²) in [6.45, 7) is -0.490. The Morgan fingerprint density at radius 3 is 2.31 bits per heavy atom. The lowest BCUT2D eigenvalue weighted by molar-refractivity contribution is -0.135. The standard InChI is InChI=1S/C27H24N4O4/c32-22(17-31-25(34)27(30-26(31)35)16-15-18-9-7-8-14-21(18)27)29-23(19-10-3-1-4-11-19)24(33)28-20-12-5-2-6-13-20/h1-14,23H,15-17H2,(H,28,33)(H,29,32)(H,30,35). The molecule has 0 aromatic heterocycles. The molecule has 1 aliphatic carbocycles. The Kier molecular flexibility index (Phi) is 5.78. The third-order valence-corrected chi connectivity index (χ3v) is 6.47.